The van der Waals surface area contributed by atoms with E-state index in [0.717, 1.165) is 11.1 Å². The van der Waals surface area contributed by atoms with Crippen molar-refractivity contribution in [2.75, 3.05) is 26.6 Å². The van der Waals surface area contributed by atoms with Crippen molar-refractivity contribution in [3.05, 3.63) is 125 Å². The second-order valence-electron chi connectivity index (χ2n) is 11.1. The number of carbonyl (C=O) groups excluding carboxylic acids is 3. The SMILES string of the molecule is COc1ccc(OC)c(C(=O)[C@@H]2[C@H](C(=O)c3ccccc3OC)N3C=Cc4ccccc4[C@H]3[C@]23C(=O)Nc2ccccc23)c1. The number of anilines is 1. The molecule has 4 aromatic carbocycles. The molecule has 0 unspecified atom stereocenters. The number of hydrogen-bond acceptors (Lipinski definition) is 7. The number of rotatable bonds is 7. The minimum absolute atomic E-state index is 0.225. The molecule has 3 heterocycles. The van der Waals surface area contributed by atoms with Gasteiger partial charge in [-0.2, -0.15) is 0 Å². The molecule has 1 fully saturated rings. The van der Waals surface area contributed by atoms with Gasteiger partial charge in [-0.05, 0) is 59.2 Å². The summed E-state index contributed by atoms with van der Waals surface area (Å²) in [6, 6.07) is 25.4. The number of Topliss-reactive ketones (excluding diaryl/α,β-unsaturated/α-hetero) is 2. The standard InChI is InChI=1S/C36H30N2O6/c1-42-22-16-17-29(44-3)25(20-22)32(39)30-31(33(40)24-12-6-9-15-28(24)43-2)38-19-18-21-10-4-5-11-23(21)34(38)36(30)26-13-7-8-14-27(26)37-35(36)41/h4-20,30-31,34H,1-3H3,(H,37,41)/t30-,31+,34-,36+/m0/s1. The van der Waals surface area contributed by atoms with Crippen LogP contribution in [0, 0.1) is 5.92 Å². The van der Waals surface area contributed by atoms with Crippen LogP contribution >= 0.6 is 0 Å². The number of nitrogens with zero attached hydrogens (tertiary/aromatic N) is 1. The van der Waals surface area contributed by atoms with Gasteiger partial charge in [0.25, 0.3) is 0 Å². The molecular weight excluding hydrogens is 556 g/mol. The fourth-order valence-electron chi connectivity index (χ4n) is 7.35. The van der Waals surface area contributed by atoms with Gasteiger partial charge >= 0.3 is 0 Å². The van der Waals surface area contributed by atoms with E-state index >= 15 is 4.79 Å². The van der Waals surface area contributed by atoms with Crippen molar-refractivity contribution < 1.29 is 28.6 Å². The summed E-state index contributed by atoms with van der Waals surface area (Å²) >= 11 is 0. The van der Waals surface area contributed by atoms with Gasteiger partial charge in [0.1, 0.15) is 28.7 Å². The molecule has 7 rings (SSSR count). The Hall–Kier alpha value is -5.37. The molecule has 0 radical (unpaired) electrons. The Morgan fingerprint density at radius 2 is 1.48 bits per heavy atom. The van der Waals surface area contributed by atoms with E-state index in [2.05, 4.69) is 5.32 Å². The lowest BCUT2D eigenvalue weighted by atomic mass is 9.62. The molecule has 220 valence electrons. The van der Waals surface area contributed by atoms with E-state index in [-0.39, 0.29) is 17.3 Å². The average Bonchev–Trinajstić information content (AvgIpc) is 3.55. The Labute approximate surface area is 254 Å². The molecule has 0 aromatic heterocycles. The van der Waals surface area contributed by atoms with E-state index in [9.17, 15) is 9.59 Å². The zero-order valence-electron chi connectivity index (χ0n) is 24.4. The van der Waals surface area contributed by atoms with E-state index in [1.807, 2.05) is 65.7 Å². The van der Waals surface area contributed by atoms with Crippen LogP contribution in [0.4, 0.5) is 5.69 Å². The summed E-state index contributed by atoms with van der Waals surface area (Å²) in [4.78, 5) is 46.7. The summed E-state index contributed by atoms with van der Waals surface area (Å²) in [5.74, 6) is -1.07. The molecule has 3 aliphatic rings. The summed E-state index contributed by atoms with van der Waals surface area (Å²) in [5.41, 5.74) is 2.14. The molecular formula is C36H30N2O6. The van der Waals surface area contributed by atoms with Crippen LogP contribution in [0.25, 0.3) is 6.08 Å². The smallest absolute Gasteiger partial charge is 0.238 e. The highest BCUT2D eigenvalue weighted by Crippen LogP contribution is 2.62. The van der Waals surface area contributed by atoms with Crippen LogP contribution in [0.3, 0.4) is 0 Å². The monoisotopic (exact) mass is 586 g/mol. The number of nitrogens with one attached hydrogen (secondary N) is 1. The Kier molecular flexibility index (Phi) is 6.50. The topological polar surface area (TPSA) is 94.2 Å². The lowest BCUT2D eigenvalue weighted by Gasteiger charge is -2.38. The maximum atomic E-state index is 15.2. The first kappa shape index (κ1) is 27.5. The Morgan fingerprint density at radius 3 is 2.27 bits per heavy atom. The highest BCUT2D eigenvalue weighted by atomic mass is 16.5. The highest BCUT2D eigenvalue weighted by molar-refractivity contribution is 6.17. The van der Waals surface area contributed by atoms with Crippen molar-refractivity contribution in [3.8, 4) is 17.2 Å². The lowest BCUT2D eigenvalue weighted by molar-refractivity contribution is -0.122. The third-order valence-electron chi connectivity index (χ3n) is 9.17. The first-order chi connectivity index (χ1) is 21.4. The van der Waals surface area contributed by atoms with E-state index in [1.165, 1.54) is 21.3 Å². The summed E-state index contributed by atoms with van der Waals surface area (Å²) in [5, 5.41) is 3.07. The number of carbonyl (C=O) groups is 3. The quantitative estimate of drug-likeness (QED) is 0.278. The molecule has 8 nitrogen and oxygen atoms in total. The summed E-state index contributed by atoms with van der Waals surface area (Å²) in [7, 11) is 4.51. The first-order valence-corrected chi connectivity index (χ1v) is 14.3. The fourth-order valence-corrected chi connectivity index (χ4v) is 7.35. The van der Waals surface area contributed by atoms with Crippen molar-refractivity contribution in [1.82, 2.24) is 4.90 Å². The number of fused-ring (bicyclic) bond motifs is 6. The molecule has 1 saturated heterocycles. The van der Waals surface area contributed by atoms with E-state index < -0.39 is 29.2 Å². The van der Waals surface area contributed by atoms with Crippen molar-refractivity contribution in [2.45, 2.75) is 17.5 Å². The minimum atomic E-state index is -1.47. The van der Waals surface area contributed by atoms with Gasteiger partial charge in [0.15, 0.2) is 11.6 Å². The molecule has 0 bridgehead atoms. The normalized spacial score (nSPS) is 22.6. The van der Waals surface area contributed by atoms with Gasteiger partial charge in [-0.3, -0.25) is 14.4 Å². The lowest BCUT2D eigenvalue weighted by Crippen LogP contribution is -2.49. The highest BCUT2D eigenvalue weighted by Gasteiger charge is 2.71. The minimum Gasteiger partial charge on any atom is -0.497 e. The molecule has 4 atom stereocenters. The third-order valence-corrected chi connectivity index (χ3v) is 9.17. The summed E-state index contributed by atoms with van der Waals surface area (Å²) < 4.78 is 16.7. The van der Waals surface area contributed by atoms with Gasteiger partial charge < -0.3 is 24.4 Å². The second-order valence-corrected chi connectivity index (χ2v) is 11.1. The summed E-state index contributed by atoms with van der Waals surface area (Å²) in [6.45, 7) is 0. The zero-order valence-corrected chi connectivity index (χ0v) is 24.4. The largest absolute Gasteiger partial charge is 0.497 e. The number of para-hydroxylation sites is 2. The second kappa shape index (κ2) is 10.4. The van der Waals surface area contributed by atoms with Crippen LogP contribution in [-0.2, 0) is 10.2 Å². The zero-order chi connectivity index (χ0) is 30.6. The number of hydrogen-bond donors (Lipinski definition) is 1. The molecule has 4 aromatic rings. The number of methoxy groups -OCH3 is 3. The van der Waals surface area contributed by atoms with Crippen molar-refractivity contribution in [3.63, 3.8) is 0 Å². The van der Waals surface area contributed by atoms with Gasteiger partial charge in [0.2, 0.25) is 5.91 Å². The first-order valence-electron chi connectivity index (χ1n) is 14.3. The van der Waals surface area contributed by atoms with E-state index in [4.69, 9.17) is 14.2 Å². The Balaban J connectivity index is 1.56. The molecule has 1 spiro atoms. The van der Waals surface area contributed by atoms with E-state index in [1.54, 1.807) is 42.5 Å². The van der Waals surface area contributed by atoms with Gasteiger partial charge in [0.05, 0.1) is 44.4 Å². The van der Waals surface area contributed by atoms with Crippen molar-refractivity contribution in [2.24, 2.45) is 5.92 Å². The van der Waals surface area contributed by atoms with Gasteiger partial charge in [-0.1, -0.05) is 54.6 Å². The molecule has 1 N–H and O–H groups in total. The van der Waals surface area contributed by atoms with E-state index in [0.29, 0.717) is 34.1 Å². The molecule has 1 amide bonds. The maximum absolute atomic E-state index is 15.2. The van der Waals surface area contributed by atoms with Crippen LogP contribution in [-0.4, -0.2) is 49.7 Å². The van der Waals surface area contributed by atoms with Crippen molar-refractivity contribution >= 4 is 29.2 Å². The third kappa shape index (κ3) is 3.73. The molecule has 0 saturated carbocycles. The number of benzene rings is 4. The van der Waals surface area contributed by atoms with Crippen molar-refractivity contribution in [1.29, 1.82) is 0 Å². The number of ketones is 2. The van der Waals surface area contributed by atoms with Crippen LogP contribution in [0.5, 0.6) is 17.2 Å². The Bertz CT molecular complexity index is 1870. The van der Waals surface area contributed by atoms with Gasteiger partial charge in [-0.15, -0.1) is 0 Å². The maximum Gasteiger partial charge on any atom is 0.238 e. The number of ether oxygens (including phenoxy) is 3. The van der Waals surface area contributed by atoms with Crippen LogP contribution in [0.15, 0.2) is 97.2 Å². The predicted octanol–water partition coefficient (Wildman–Crippen LogP) is 5.69. The predicted molar refractivity (Wildman–Crippen MR) is 165 cm³/mol. The molecule has 44 heavy (non-hydrogen) atoms. The Morgan fingerprint density at radius 1 is 0.773 bits per heavy atom. The average molecular weight is 587 g/mol. The molecule has 0 aliphatic carbocycles. The van der Waals surface area contributed by atoms with Gasteiger partial charge in [0, 0.05) is 11.9 Å². The van der Waals surface area contributed by atoms with Crippen LogP contribution in [0.1, 0.15) is 43.4 Å². The van der Waals surface area contributed by atoms with Crippen LogP contribution < -0.4 is 19.5 Å². The van der Waals surface area contributed by atoms with Crippen LogP contribution in [0.2, 0.25) is 0 Å². The number of amides is 1. The molecule has 3 aliphatic heterocycles. The fraction of sp³-hybridized carbons (Fsp3) is 0.194. The molecule has 8 heteroatoms. The summed E-state index contributed by atoms with van der Waals surface area (Å²) in [6.07, 6.45) is 3.77. The van der Waals surface area contributed by atoms with Gasteiger partial charge in [-0.25, -0.2) is 0 Å².